The van der Waals surface area contributed by atoms with Crippen molar-refractivity contribution in [3.63, 3.8) is 0 Å². The van der Waals surface area contributed by atoms with E-state index in [0.29, 0.717) is 18.1 Å². The van der Waals surface area contributed by atoms with Gasteiger partial charge in [-0.25, -0.2) is 8.42 Å². The van der Waals surface area contributed by atoms with Gasteiger partial charge in [0, 0.05) is 12.3 Å². The molecule has 0 atom stereocenters. The van der Waals surface area contributed by atoms with Gasteiger partial charge in [-0.15, -0.1) is 0 Å². The first-order valence-corrected chi connectivity index (χ1v) is 8.95. The summed E-state index contributed by atoms with van der Waals surface area (Å²) in [4.78, 5) is 2.16. The van der Waals surface area contributed by atoms with Gasteiger partial charge in [-0.3, -0.25) is 0 Å². The molecule has 1 saturated heterocycles. The number of nitrogens with zero attached hydrogens (tertiary/aromatic N) is 1. The molecule has 108 valence electrons. The van der Waals surface area contributed by atoms with Gasteiger partial charge < -0.3 is 10.2 Å². The van der Waals surface area contributed by atoms with Gasteiger partial charge in [-0.2, -0.15) is 0 Å². The molecular formula is C13H28N2O2S. The Morgan fingerprint density at radius 3 is 2.44 bits per heavy atom. The van der Waals surface area contributed by atoms with Gasteiger partial charge >= 0.3 is 0 Å². The number of hydrogen-bond acceptors (Lipinski definition) is 4. The largest absolute Gasteiger partial charge is 0.317 e. The lowest BCUT2D eigenvalue weighted by molar-refractivity contribution is 0.280. The first-order chi connectivity index (χ1) is 8.53. The molecule has 0 spiro atoms. The van der Waals surface area contributed by atoms with E-state index in [1.54, 1.807) is 0 Å². The molecule has 0 saturated carbocycles. The molecule has 1 aliphatic heterocycles. The Kier molecular flexibility index (Phi) is 7.19. The number of rotatable bonds is 8. The van der Waals surface area contributed by atoms with Crippen LogP contribution in [0.4, 0.5) is 0 Å². The molecule has 0 bridgehead atoms. The molecule has 1 heterocycles. The fourth-order valence-electron chi connectivity index (χ4n) is 2.39. The fourth-order valence-corrected chi connectivity index (χ4v) is 3.81. The Morgan fingerprint density at radius 2 is 1.83 bits per heavy atom. The Morgan fingerprint density at radius 1 is 1.17 bits per heavy atom. The normalized spacial score (nSPS) is 18.4. The number of hydrogen-bond donors (Lipinski definition) is 1. The molecular weight excluding hydrogens is 248 g/mol. The second-order valence-corrected chi connectivity index (χ2v) is 7.74. The van der Waals surface area contributed by atoms with Gasteiger partial charge in [-0.1, -0.05) is 6.92 Å². The average molecular weight is 276 g/mol. The van der Waals surface area contributed by atoms with Gasteiger partial charge in [0.2, 0.25) is 0 Å². The van der Waals surface area contributed by atoms with Crippen molar-refractivity contribution in [3.05, 3.63) is 0 Å². The summed E-state index contributed by atoms with van der Waals surface area (Å²) < 4.78 is 23.2. The Bertz CT molecular complexity index is 311. The summed E-state index contributed by atoms with van der Waals surface area (Å²) in [6.45, 7) is 5.89. The predicted octanol–water partition coefficient (Wildman–Crippen LogP) is 1.13. The minimum atomic E-state index is -2.82. The Labute approximate surface area is 112 Å². The van der Waals surface area contributed by atoms with Crippen molar-refractivity contribution >= 4 is 9.84 Å². The third-order valence-corrected chi connectivity index (χ3v) is 5.51. The van der Waals surface area contributed by atoms with Crippen LogP contribution in [0.1, 0.15) is 32.6 Å². The van der Waals surface area contributed by atoms with Crippen LogP contribution >= 0.6 is 0 Å². The molecule has 5 heteroatoms. The molecule has 4 nitrogen and oxygen atoms in total. The molecule has 0 unspecified atom stereocenters. The van der Waals surface area contributed by atoms with E-state index in [0.717, 1.165) is 32.0 Å². The molecule has 1 rings (SSSR count). The molecule has 0 aromatic rings. The zero-order valence-electron chi connectivity index (χ0n) is 11.8. The van der Waals surface area contributed by atoms with Gasteiger partial charge in [0.15, 0.2) is 9.84 Å². The minimum Gasteiger partial charge on any atom is -0.317 e. The van der Waals surface area contributed by atoms with E-state index in [4.69, 9.17) is 0 Å². The maximum absolute atomic E-state index is 11.6. The van der Waals surface area contributed by atoms with E-state index < -0.39 is 9.84 Å². The van der Waals surface area contributed by atoms with Gasteiger partial charge in [-0.05, 0) is 58.3 Å². The SMILES string of the molecule is CCCS(=O)(=O)CCN(C)CCC1CCNCC1. The van der Waals surface area contributed by atoms with Crippen LogP contribution in [0, 0.1) is 5.92 Å². The van der Waals surface area contributed by atoms with Crippen molar-refractivity contribution in [2.24, 2.45) is 5.92 Å². The summed E-state index contributed by atoms with van der Waals surface area (Å²) >= 11 is 0. The Balaban J connectivity index is 2.15. The molecule has 1 N–H and O–H groups in total. The molecule has 0 amide bonds. The zero-order valence-corrected chi connectivity index (χ0v) is 12.6. The maximum Gasteiger partial charge on any atom is 0.151 e. The standard InChI is InChI=1S/C13H28N2O2S/c1-3-11-18(16,17)12-10-15(2)9-6-13-4-7-14-8-5-13/h13-14H,3-12H2,1-2H3. The number of nitrogens with one attached hydrogen (secondary N) is 1. The summed E-state index contributed by atoms with van der Waals surface area (Å²) in [5, 5.41) is 3.37. The van der Waals surface area contributed by atoms with Crippen LogP contribution < -0.4 is 5.32 Å². The van der Waals surface area contributed by atoms with Crippen LogP contribution in [0.25, 0.3) is 0 Å². The topological polar surface area (TPSA) is 49.4 Å². The summed E-state index contributed by atoms with van der Waals surface area (Å²) in [5.74, 6) is 1.46. The van der Waals surface area contributed by atoms with E-state index in [1.807, 2.05) is 14.0 Å². The maximum atomic E-state index is 11.6. The molecule has 18 heavy (non-hydrogen) atoms. The summed E-state index contributed by atoms with van der Waals surface area (Å²) in [6.07, 6.45) is 4.46. The van der Waals surface area contributed by atoms with Crippen molar-refractivity contribution in [1.82, 2.24) is 10.2 Å². The van der Waals surface area contributed by atoms with E-state index in [1.165, 1.54) is 19.3 Å². The zero-order chi connectivity index (χ0) is 13.4. The van der Waals surface area contributed by atoms with E-state index in [9.17, 15) is 8.42 Å². The lowest BCUT2D eigenvalue weighted by Gasteiger charge is -2.25. The minimum absolute atomic E-state index is 0.309. The van der Waals surface area contributed by atoms with Crippen molar-refractivity contribution in [3.8, 4) is 0 Å². The number of sulfone groups is 1. The smallest absolute Gasteiger partial charge is 0.151 e. The van der Waals surface area contributed by atoms with Crippen molar-refractivity contribution in [2.75, 3.05) is 44.7 Å². The first kappa shape index (κ1) is 15.9. The third kappa shape index (κ3) is 6.71. The highest BCUT2D eigenvalue weighted by molar-refractivity contribution is 7.91. The molecule has 0 aromatic heterocycles. The lowest BCUT2D eigenvalue weighted by Crippen LogP contribution is -2.32. The average Bonchev–Trinajstić information content (AvgIpc) is 2.35. The van der Waals surface area contributed by atoms with E-state index >= 15 is 0 Å². The highest BCUT2D eigenvalue weighted by Gasteiger charge is 2.15. The molecule has 0 aliphatic carbocycles. The molecule has 1 aliphatic rings. The van der Waals surface area contributed by atoms with Crippen molar-refractivity contribution in [1.29, 1.82) is 0 Å². The lowest BCUT2D eigenvalue weighted by atomic mass is 9.94. The van der Waals surface area contributed by atoms with E-state index in [2.05, 4.69) is 10.2 Å². The molecule has 0 aromatic carbocycles. The van der Waals surface area contributed by atoms with Gasteiger partial charge in [0.05, 0.1) is 5.75 Å². The van der Waals surface area contributed by atoms with Crippen molar-refractivity contribution < 1.29 is 8.42 Å². The monoisotopic (exact) mass is 276 g/mol. The fraction of sp³-hybridized carbons (Fsp3) is 1.00. The van der Waals surface area contributed by atoms with E-state index in [-0.39, 0.29) is 0 Å². The van der Waals surface area contributed by atoms with Crippen LogP contribution in [-0.2, 0) is 9.84 Å². The summed E-state index contributed by atoms with van der Waals surface area (Å²) in [7, 11) is -0.791. The quantitative estimate of drug-likeness (QED) is 0.722. The highest BCUT2D eigenvalue weighted by Crippen LogP contribution is 2.15. The van der Waals surface area contributed by atoms with Crippen molar-refractivity contribution in [2.45, 2.75) is 32.6 Å². The first-order valence-electron chi connectivity index (χ1n) is 7.13. The second kappa shape index (κ2) is 8.12. The van der Waals surface area contributed by atoms with Crippen LogP contribution in [0.5, 0.6) is 0 Å². The highest BCUT2D eigenvalue weighted by atomic mass is 32.2. The molecule has 1 fully saturated rings. The van der Waals surface area contributed by atoms with Crippen LogP contribution in [0.2, 0.25) is 0 Å². The van der Waals surface area contributed by atoms with Gasteiger partial charge in [0.25, 0.3) is 0 Å². The predicted molar refractivity (Wildman–Crippen MR) is 76.7 cm³/mol. The summed E-state index contributed by atoms with van der Waals surface area (Å²) in [5.41, 5.74) is 0. The summed E-state index contributed by atoms with van der Waals surface area (Å²) in [6, 6.07) is 0. The van der Waals surface area contributed by atoms with Crippen LogP contribution in [-0.4, -0.2) is 58.1 Å². The Hall–Kier alpha value is -0.130. The van der Waals surface area contributed by atoms with Gasteiger partial charge in [0.1, 0.15) is 0 Å². The number of piperidine rings is 1. The van der Waals surface area contributed by atoms with Crippen LogP contribution in [0.3, 0.4) is 0 Å². The third-order valence-electron chi connectivity index (χ3n) is 3.68. The second-order valence-electron chi connectivity index (χ2n) is 5.44. The van der Waals surface area contributed by atoms with Crippen LogP contribution in [0.15, 0.2) is 0 Å². The molecule has 0 radical (unpaired) electrons.